The topological polar surface area (TPSA) is 94.0 Å². The summed E-state index contributed by atoms with van der Waals surface area (Å²) in [7, 11) is 0. The molecule has 0 spiro atoms. The summed E-state index contributed by atoms with van der Waals surface area (Å²) < 4.78 is 1.75. The SMILES string of the molecule is Nc1cn(C2CCC(CC(=O)O)C2)nn1. The van der Waals surface area contributed by atoms with Gasteiger partial charge in [0, 0.05) is 6.42 Å². The minimum absolute atomic E-state index is 0.251. The number of hydrogen-bond acceptors (Lipinski definition) is 4. The van der Waals surface area contributed by atoms with Gasteiger partial charge in [-0.3, -0.25) is 4.79 Å². The number of carbonyl (C=O) groups is 1. The van der Waals surface area contributed by atoms with E-state index in [1.54, 1.807) is 10.9 Å². The molecule has 2 atom stereocenters. The van der Waals surface area contributed by atoms with Crippen molar-refractivity contribution < 1.29 is 9.90 Å². The molecule has 2 unspecified atom stereocenters. The molecule has 0 aliphatic heterocycles. The van der Waals surface area contributed by atoms with Gasteiger partial charge in [-0.05, 0) is 25.2 Å². The smallest absolute Gasteiger partial charge is 0.303 e. The Balaban J connectivity index is 1.95. The predicted molar refractivity (Wildman–Crippen MR) is 53.1 cm³/mol. The number of anilines is 1. The van der Waals surface area contributed by atoms with Gasteiger partial charge in [0.05, 0.1) is 12.2 Å². The number of nitrogens with two attached hydrogens (primary N) is 1. The van der Waals surface area contributed by atoms with Crippen LogP contribution in [0, 0.1) is 5.92 Å². The molecule has 1 saturated carbocycles. The maximum absolute atomic E-state index is 10.5. The van der Waals surface area contributed by atoms with Crippen molar-refractivity contribution in [1.29, 1.82) is 0 Å². The standard InChI is InChI=1S/C9H14N4O2/c10-8-5-13(12-11-8)7-2-1-6(3-7)4-9(14)15/h5-7H,1-4,10H2,(H,14,15). The van der Waals surface area contributed by atoms with Gasteiger partial charge in [-0.15, -0.1) is 5.10 Å². The lowest BCUT2D eigenvalue weighted by atomic mass is 10.0. The summed E-state index contributed by atoms with van der Waals surface area (Å²) in [6.07, 6.45) is 4.71. The maximum atomic E-state index is 10.5. The average molecular weight is 210 g/mol. The van der Waals surface area contributed by atoms with E-state index in [1.165, 1.54) is 0 Å². The molecule has 15 heavy (non-hydrogen) atoms. The molecule has 0 radical (unpaired) electrons. The Morgan fingerprint density at radius 3 is 3.07 bits per heavy atom. The molecule has 0 aromatic carbocycles. The highest BCUT2D eigenvalue weighted by atomic mass is 16.4. The molecule has 0 bridgehead atoms. The Morgan fingerprint density at radius 1 is 1.67 bits per heavy atom. The van der Waals surface area contributed by atoms with Gasteiger partial charge in [0.15, 0.2) is 5.82 Å². The molecular weight excluding hydrogens is 196 g/mol. The Hall–Kier alpha value is -1.59. The minimum Gasteiger partial charge on any atom is -0.481 e. The van der Waals surface area contributed by atoms with Crippen molar-refractivity contribution in [3.05, 3.63) is 6.20 Å². The summed E-state index contributed by atoms with van der Waals surface area (Å²) in [5, 5.41) is 16.3. The molecule has 6 nitrogen and oxygen atoms in total. The lowest BCUT2D eigenvalue weighted by Gasteiger charge is -2.09. The van der Waals surface area contributed by atoms with E-state index < -0.39 is 5.97 Å². The second-order valence-corrected chi connectivity index (χ2v) is 4.05. The van der Waals surface area contributed by atoms with E-state index >= 15 is 0 Å². The average Bonchev–Trinajstić information content (AvgIpc) is 2.72. The zero-order chi connectivity index (χ0) is 10.8. The first-order chi connectivity index (χ1) is 7.15. The van der Waals surface area contributed by atoms with E-state index in [9.17, 15) is 4.79 Å². The van der Waals surface area contributed by atoms with Crippen LogP contribution in [-0.4, -0.2) is 26.1 Å². The van der Waals surface area contributed by atoms with Gasteiger partial charge < -0.3 is 10.8 Å². The Bertz CT molecular complexity index is 363. The lowest BCUT2D eigenvalue weighted by Crippen LogP contribution is -2.08. The Labute approximate surface area is 87.1 Å². The van der Waals surface area contributed by atoms with Crippen molar-refractivity contribution in [1.82, 2.24) is 15.0 Å². The summed E-state index contributed by atoms with van der Waals surface area (Å²) in [6.45, 7) is 0. The van der Waals surface area contributed by atoms with Crippen LogP contribution in [0.2, 0.25) is 0 Å². The highest BCUT2D eigenvalue weighted by Gasteiger charge is 2.28. The zero-order valence-corrected chi connectivity index (χ0v) is 8.33. The molecule has 6 heteroatoms. The number of nitrogen functional groups attached to an aromatic ring is 1. The summed E-state index contributed by atoms with van der Waals surface area (Å²) in [5.41, 5.74) is 5.47. The van der Waals surface area contributed by atoms with Gasteiger partial charge in [-0.25, -0.2) is 4.68 Å². The van der Waals surface area contributed by atoms with Crippen LogP contribution in [0.5, 0.6) is 0 Å². The summed E-state index contributed by atoms with van der Waals surface area (Å²) in [5.74, 6) is -0.0478. The fourth-order valence-electron chi connectivity index (χ4n) is 2.19. The fraction of sp³-hybridized carbons (Fsp3) is 0.667. The van der Waals surface area contributed by atoms with Crippen molar-refractivity contribution >= 4 is 11.8 Å². The number of rotatable bonds is 3. The molecule has 82 valence electrons. The second-order valence-electron chi connectivity index (χ2n) is 4.05. The molecule has 1 aromatic heterocycles. The molecule has 1 aliphatic carbocycles. The molecule has 1 heterocycles. The molecule has 0 amide bonds. The summed E-state index contributed by atoms with van der Waals surface area (Å²) >= 11 is 0. The van der Waals surface area contributed by atoms with Gasteiger partial charge >= 0.3 is 5.97 Å². The normalized spacial score (nSPS) is 25.6. The van der Waals surface area contributed by atoms with Crippen LogP contribution < -0.4 is 5.73 Å². The lowest BCUT2D eigenvalue weighted by molar-refractivity contribution is -0.138. The van der Waals surface area contributed by atoms with E-state index in [0.717, 1.165) is 19.3 Å². The quantitative estimate of drug-likeness (QED) is 0.764. The molecule has 1 fully saturated rings. The van der Waals surface area contributed by atoms with Gasteiger partial charge in [0.1, 0.15) is 0 Å². The monoisotopic (exact) mass is 210 g/mol. The van der Waals surface area contributed by atoms with Gasteiger partial charge in [-0.1, -0.05) is 5.21 Å². The number of aromatic nitrogens is 3. The van der Waals surface area contributed by atoms with Crippen molar-refractivity contribution in [2.45, 2.75) is 31.7 Å². The number of nitrogens with zero attached hydrogens (tertiary/aromatic N) is 3. The number of aliphatic carboxylic acids is 1. The van der Waals surface area contributed by atoms with E-state index in [-0.39, 0.29) is 18.4 Å². The highest BCUT2D eigenvalue weighted by molar-refractivity contribution is 5.67. The molecular formula is C9H14N4O2. The largest absolute Gasteiger partial charge is 0.481 e. The number of carboxylic acid groups (broad SMARTS) is 1. The van der Waals surface area contributed by atoms with Crippen LogP contribution in [0.3, 0.4) is 0 Å². The Morgan fingerprint density at radius 2 is 2.47 bits per heavy atom. The predicted octanol–water partition coefficient (Wildman–Crippen LogP) is 0.676. The first-order valence-electron chi connectivity index (χ1n) is 5.04. The van der Waals surface area contributed by atoms with Crippen molar-refractivity contribution in [2.75, 3.05) is 5.73 Å². The van der Waals surface area contributed by atoms with E-state index in [4.69, 9.17) is 10.8 Å². The second kappa shape index (κ2) is 3.88. The molecule has 0 saturated heterocycles. The van der Waals surface area contributed by atoms with Crippen molar-refractivity contribution in [3.8, 4) is 0 Å². The third kappa shape index (κ3) is 2.26. The van der Waals surface area contributed by atoms with Crippen LogP contribution in [0.4, 0.5) is 5.82 Å². The zero-order valence-electron chi connectivity index (χ0n) is 8.33. The van der Waals surface area contributed by atoms with E-state index in [2.05, 4.69) is 10.3 Å². The van der Waals surface area contributed by atoms with Gasteiger partial charge in [0.25, 0.3) is 0 Å². The van der Waals surface area contributed by atoms with Gasteiger partial charge in [-0.2, -0.15) is 0 Å². The molecule has 2 rings (SSSR count). The fourth-order valence-corrected chi connectivity index (χ4v) is 2.19. The first-order valence-corrected chi connectivity index (χ1v) is 5.04. The van der Waals surface area contributed by atoms with Crippen LogP contribution in [0.1, 0.15) is 31.7 Å². The highest BCUT2D eigenvalue weighted by Crippen LogP contribution is 2.35. The molecule has 1 aromatic rings. The minimum atomic E-state index is -0.723. The van der Waals surface area contributed by atoms with E-state index in [1.807, 2.05) is 0 Å². The van der Waals surface area contributed by atoms with Crippen molar-refractivity contribution in [2.24, 2.45) is 5.92 Å². The Kier molecular flexibility index (Phi) is 2.57. The van der Waals surface area contributed by atoms with Crippen LogP contribution >= 0.6 is 0 Å². The number of carboxylic acids is 1. The maximum Gasteiger partial charge on any atom is 0.303 e. The summed E-state index contributed by atoms with van der Waals surface area (Å²) in [6, 6.07) is 0.263. The summed E-state index contributed by atoms with van der Waals surface area (Å²) in [4.78, 5) is 10.5. The third-order valence-electron chi connectivity index (χ3n) is 2.88. The van der Waals surface area contributed by atoms with Gasteiger partial charge in [0.2, 0.25) is 0 Å². The van der Waals surface area contributed by atoms with Crippen molar-refractivity contribution in [3.63, 3.8) is 0 Å². The van der Waals surface area contributed by atoms with Crippen LogP contribution in [0.25, 0.3) is 0 Å². The van der Waals surface area contributed by atoms with Crippen LogP contribution in [-0.2, 0) is 4.79 Å². The third-order valence-corrected chi connectivity index (χ3v) is 2.88. The number of hydrogen-bond donors (Lipinski definition) is 2. The first kappa shape index (κ1) is 9.95. The molecule has 3 N–H and O–H groups in total. The van der Waals surface area contributed by atoms with Crippen LogP contribution in [0.15, 0.2) is 6.20 Å². The van der Waals surface area contributed by atoms with E-state index in [0.29, 0.717) is 5.82 Å². The molecule has 1 aliphatic rings.